The van der Waals surface area contributed by atoms with E-state index in [1.54, 1.807) is 0 Å². The molecule has 0 fully saturated rings. The van der Waals surface area contributed by atoms with E-state index in [1.165, 1.54) is 27.8 Å². The Balaban J connectivity index is 0.00000435. The third-order valence-electron chi connectivity index (χ3n) is 10.0. The summed E-state index contributed by atoms with van der Waals surface area (Å²) in [6.07, 6.45) is 2.82. The Morgan fingerprint density at radius 2 is 1.47 bits per heavy atom. The minimum atomic E-state index is 0. The number of aromatic nitrogens is 4. The molecule has 0 aliphatic rings. The van der Waals surface area contributed by atoms with Gasteiger partial charge in [-0.1, -0.05) is 92.5 Å². The van der Waals surface area contributed by atoms with Crippen molar-refractivity contribution in [3.05, 3.63) is 155 Å². The number of nitrogens with zero attached hydrogens (tertiary/aromatic N) is 4. The fourth-order valence-electron chi connectivity index (χ4n) is 7.58. The van der Waals surface area contributed by atoms with Gasteiger partial charge in [0.2, 0.25) is 0 Å². The summed E-state index contributed by atoms with van der Waals surface area (Å²) in [6, 6.07) is 43.4. The van der Waals surface area contributed by atoms with E-state index in [2.05, 4.69) is 167 Å². The van der Waals surface area contributed by atoms with Crippen LogP contribution in [0.4, 0.5) is 0 Å². The molecule has 8 aromatic rings. The molecule has 0 atom stereocenters. The van der Waals surface area contributed by atoms with Crippen molar-refractivity contribution in [3.63, 3.8) is 0 Å². The predicted octanol–water partition coefficient (Wildman–Crippen LogP) is 12.0. The van der Waals surface area contributed by atoms with Gasteiger partial charge in [-0.25, -0.2) is 4.98 Å². The van der Waals surface area contributed by atoms with Crippen molar-refractivity contribution in [1.82, 2.24) is 19.3 Å². The molecule has 0 spiro atoms. The maximum atomic E-state index is 6.70. The average Bonchev–Trinajstić information content (AvgIpc) is 3.65. The molecule has 0 aliphatic heterocycles. The number of para-hydroxylation sites is 1. The number of pyridine rings is 1. The predicted molar refractivity (Wildman–Crippen MR) is 213 cm³/mol. The summed E-state index contributed by atoms with van der Waals surface area (Å²) in [7, 11) is 0. The Hall–Kier alpha value is -5.28. The molecule has 0 saturated heterocycles. The number of benzene rings is 5. The van der Waals surface area contributed by atoms with E-state index in [4.69, 9.17) is 14.8 Å². The van der Waals surface area contributed by atoms with E-state index in [9.17, 15) is 0 Å². The van der Waals surface area contributed by atoms with Crippen LogP contribution in [0.15, 0.2) is 109 Å². The van der Waals surface area contributed by atoms with Crippen LogP contribution in [0, 0.1) is 39.8 Å². The summed E-state index contributed by atoms with van der Waals surface area (Å²) < 4.78 is 10.9. The molecule has 0 amide bonds. The summed E-state index contributed by atoms with van der Waals surface area (Å²) in [5.41, 5.74) is 14.4. The molecular formula is C47H42N4OPd. The van der Waals surface area contributed by atoms with Gasteiger partial charge in [0.05, 0.1) is 11.4 Å². The van der Waals surface area contributed by atoms with Crippen LogP contribution in [-0.4, -0.2) is 19.3 Å². The van der Waals surface area contributed by atoms with Gasteiger partial charge >= 0.3 is 20.4 Å². The third kappa shape index (κ3) is 6.63. The first-order chi connectivity index (χ1) is 25.2. The Bertz CT molecular complexity index is 2590. The summed E-state index contributed by atoms with van der Waals surface area (Å²) in [6.45, 7) is 15.2. The Morgan fingerprint density at radius 3 is 2.21 bits per heavy atom. The second kappa shape index (κ2) is 14.6. The molecule has 5 aromatic carbocycles. The molecule has 53 heavy (non-hydrogen) atoms. The van der Waals surface area contributed by atoms with Gasteiger partial charge in [0, 0.05) is 34.3 Å². The van der Waals surface area contributed by atoms with Gasteiger partial charge in [-0.15, -0.1) is 41.3 Å². The molecule has 0 bridgehead atoms. The second-order valence-corrected chi connectivity index (χ2v) is 14.1. The topological polar surface area (TPSA) is 44.9 Å². The van der Waals surface area contributed by atoms with E-state index in [0.717, 1.165) is 67.8 Å². The van der Waals surface area contributed by atoms with Crippen LogP contribution in [0.25, 0.3) is 55.7 Å². The second-order valence-electron chi connectivity index (χ2n) is 14.1. The summed E-state index contributed by atoms with van der Waals surface area (Å²) in [5, 5.41) is 7.47. The molecule has 0 aliphatic carbocycles. The molecule has 5 nitrogen and oxygen atoms in total. The smallest absolute Gasteiger partial charge is 0.509 e. The summed E-state index contributed by atoms with van der Waals surface area (Å²) in [5.74, 6) is 2.34. The van der Waals surface area contributed by atoms with E-state index in [-0.39, 0.29) is 26.3 Å². The quantitative estimate of drug-likeness (QED) is 0.114. The number of rotatable bonds is 8. The van der Waals surface area contributed by atoms with Crippen LogP contribution in [0.2, 0.25) is 0 Å². The molecule has 3 aromatic heterocycles. The van der Waals surface area contributed by atoms with Gasteiger partial charge in [-0.2, -0.15) is 11.2 Å². The summed E-state index contributed by atoms with van der Waals surface area (Å²) in [4.78, 5) is 4.79. The third-order valence-corrected chi connectivity index (χ3v) is 10.0. The minimum absolute atomic E-state index is 0. The number of fused-ring (bicyclic) bond motifs is 3. The Labute approximate surface area is 326 Å². The average molecular weight is 785 g/mol. The molecule has 3 heterocycles. The van der Waals surface area contributed by atoms with E-state index in [1.807, 2.05) is 12.3 Å². The molecule has 0 radical (unpaired) electrons. The largest absolute Gasteiger partial charge is 2.00 e. The van der Waals surface area contributed by atoms with Crippen molar-refractivity contribution >= 4 is 21.8 Å². The van der Waals surface area contributed by atoms with Crippen LogP contribution in [0.1, 0.15) is 60.2 Å². The Kier molecular flexibility index (Phi) is 9.96. The van der Waals surface area contributed by atoms with E-state index in [0.29, 0.717) is 11.5 Å². The molecular weight excluding hydrogens is 743 g/mol. The molecule has 6 heteroatoms. The van der Waals surface area contributed by atoms with Crippen molar-refractivity contribution in [2.75, 3.05) is 0 Å². The van der Waals surface area contributed by atoms with Gasteiger partial charge in [0.15, 0.2) is 0 Å². The number of hydrogen-bond acceptors (Lipinski definition) is 3. The minimum Gasteiger partial charge on any atom is -0.509 e. The van der Waals surface area contributed by atoms with Gasteiger partial charge in [-0.05, 0) is 91.6 Å². The number of ether oxygens (including phenoxy) is 1. The van der Waals surface area contributed by atoms with Crippen LogP contribution >= 0.6 is 0 Å². The van der Waals surface area contributed by atoms with Gasteiger partial charge in [0.1, 0.15) is 5.82 Å². The maximum Gasteiger partial charge on any atom is 2.00 e. The SMILES string of the molecule is CCc1ccnc(-n2c3[c-]c(Oc4[c-]c(-n5nc(C)c(-c6c(C)cc(C)cc6C)c5-c5ccccc5)cc(C(C)C)c4)ccc3c3ccccc32)c1.[Pd+2]. The monoisotopic (exact) mass is 784 g/mol. The molecule has 266 valence electrons. The van der Waals surface area contributed by atoms with Crippen LogP contribution in [0.5, 0.6) is 11.5 Å². The summed E-state index contributed by atoms with van der Waals surface area (Å²) >= 11 is 0. The first-order valence-electron chi connectivity index (χ1n) is 18.1. The van der Waals surface area contributed by atoms with Crippen molar-refractivity contribution in [1.29, 1.82) is 0 Å². The molecule has 8 rings (SSSR count). The zero-order valence-electron chi connectivity index (χ0n) is 31.2. The van der Waals surface area contributed by atoms with Crippen molar-refractivity contribution < 1.29 is 25.2 Å². The molecule has 0 unspecified atom stereocenters. The zero-order valence-corrected chi connectivity index (χ0v) is 32.7. The van der Waals surface area contributed by atoms with Crippen LogP contribution in [0.3, 0.4) is 0 Å². The van der Waals surface area contributed by atoms with Crippen molar-refractivity contribution in [2.45, 2.75) is 60.8 Å². The standard InChI is InChI=1S/C47H42N4O.Pd/c1-8-34-20-21-48-44(24-34)50-42-17-13-12-16-40(42)41-19-18-38(28-43(41)50)52-39-26-36(29(2)3)25-37(27-39)51-47(35-14-10-9-11-15-35)46(33(7)49-51)45-31(5)22-30(4)23-32(45)6;/h9-26,29H,8H2,1-7H3;/q-2;+2. The molecule has 0 saturated carbocycles. The fourth-order valence-corrected chi connectivity index (χ4v) is 7.58. The van der Waals surface area contributed by atoms with Gasteiger partial charge in [0.25, 0.3) is 0 Å². The first-order valence-corrected chi connectivity index (χ1v) is 18.1. The van der Waals surface area contributed by atoms with Crippen molar-refractivity contribution in [3.8, 4) is 45.4 Å². The molecule has 0 N–H and O–H groups in total. The Morgan fingerprint density at radius 1 is 0.736 bits per heavy atom. The number of hydrogen-bond donors (Lipinski definition) is 0. The van der Waals surface area contributed by atoms with Gasteiger partial charge in [-0.3, -0.25) is 4.68 Å². The zero-order chi connectivity index (χ0) is 36.1. The fraction of sp³-hybridized carbons (Fsp3) is 0.191. The van der Waals surface area contributed by atoms with Crippen LogP contribution in [-0.2, 0) is 26.8 Å². The first kappa shape index (κ1) is 36.1. The van der Waals surface area contributed by atoms with Crippen molar-refractivity contribution in [2.24, 2.45) is 0 Å². The van der Waals surface area contributed by atoms with E-state index < -0.39 is 0 Å². The maximum absolute atomic E-state index is 6.70. The van der Waals surface area contributed by atoms with Gasteiger partial charge < -0.3 is 9.30 Å². The van der Waals surface area contributed by atoms with Crippen LogP contribution < -0.4 is 4.74 Å². The van der Waals surface area contributed by atoms with E-state index >= 15 is 0 Å². The normalized spacial score (nSPS) is 11.4. The number of aryl methyl sites for hydroxylation is 5.